The molecule has 0 N–H and O–H groups in total. The van der Waals surface area contributed by atoms with Gasteiger partial charge in [-0.05, 0) is 34.1 Å². The largest absolute Gasteiger partial charge is 0.443 e. The molecule has 1 aliphatic heterocycles. The maximum Gasteiger partial charge on any atom is 0.415 e. The van der Waals surface area contributed by atoms with E-state index < -0.39 is 11.7 Å². The van der Waals surface area contributed by atoms with E-state index in [9.17, 15) is 9.59 Å². The fourth-order valence-corrected chi connectivity index (χ4v) is 3.00. The molecule has 0 aromatic carbocycles. The Balaban J connectivity index is 2.85. The van der Waals surface area contributed by atoms with E-state index in [2.05, 4.69) is 22.6 Å². The number of ether oxygens (including phenoxy) is 2. The molecule has 1 unspecified atom stereocenters. The van der Waals surface area contributed by atoms with Gasteiger partial charge < -0.3 is 9.47 Å². The molecular formula is C14H22INO4. The minimum absolute atomic E-state index is 0.315. The predicted molar refractivity (Wildman–Crippen MR) is 84.6 cm³/mol. The molecule has 0 bridgehead atoms. The number of hydrogen-bond donors (Lipinski definition) is 0. The van der Waals surface area contributed by atoms with Gasteiger partial charge in [-0.2, -0.15) is 0 Å². The van der Waals surface area contributed by atoms with Crippen LogP contribution in [0.25, 0.3) is 0 Å². The van der Waals surface area contributed by atoms with E-state index in [-0.39, 0.29) is 5.60 Å². The van der Waals surface area contributed by atoms with Gasteiger partial charge in [0.05, 0.1) is 5.60 Å². The van der Waals surface area contributed by atoms with Gasteiger partial charge in [-0.25, -0.2) is 9.59 Å². The van der Waals surface area contributed by atoms with Gasteiger partial charge in [0, 0.05) is 24.0 Å². The summed E-state index contributed by atoms with van der Waals surface area (Å²) in [7, 11) is 0. The lowest BCUT2D eigenvalue weighted by Crippen LogP contribution is -2.49. The first-order chi connectivity index (χ1) is 9.27. The third-order valence-corrected chi connectivity index (χ3v) is 4.42. The van der Waals surface area contributed by atoms with Crippen LogP contribution in [0.5, 0.6) is 0 Å². The summed E-state index contributed by atoms with van der Waals surface area (Å²) in [4.78, 5) is 24.7. The van der Waals surface area contributed by atoms with Crippen LogP contribution >= 0.6 is 22.6 Å². The highest BCUT2D eigenvalue weighted by Crippen LogP contribution is 2.34. The second kappa shape index (κ2) is 6.91. The van der Waals surface area contributed by atoms with Gasteiger partial charge in [-0.1, -0.05) is 22.6 Å². The third-order valence-electron chi connectivity index (χ3n) is 3.03. The molecular weight excluding hydrogens is 373 g/mol. The lowest BCUT2D eigenvalue weighted by atomic mass is 9.91. The average Bonchev–Trinajstić information content (AvgIpc) is 2.36. The van der Waals surface area contributed by atoms with Gasteiger partial charge in [0.15, 0.2) is 0 Å². The summed E-state index contributed by atoms with van der Waals surface area (Å²) in [5.74, 6) is 1.88. The molecule has 0 spiro atoms. The fraction of sp³-hybridized carbons (Fsp3) is 0.786. The number of amides is 1. The van der Waals surface area contributed by atoms with E-state index in [0.29, 0.717) is 31.7 Å². The molecule has 0 aromatic heterocycles. The van der Waals surface area contributed by atoms with Crippen LogP contribution < -0.4 is 0 Å². The average molecular weight is 395 g/mol. The Morgan fingerprint density at radius 3 is 2.60 bits per heavy atom. The predicted octanol–water partition coefficient (Wildman–Crippen LogP) is 2.94. The molecule has 5 nitrogen and oxygen atoms in total. The quantitative estimate of drug-likeness (QED) is 0.419. The summed E-state index contributed by atoms with van der Waals surface area (Å²) in [6.07, 6.45) is 0.593. The molecule has 1 aliphatic rings. The highest BCUT2D eigenvalue weighted by molar-refractivity contribution is 14.1. The molecule has 20 heavy (non-hydrogen) atoms. The van der Waals surface area contributed by atoms with Crippen LogP contribution in [-0.4, -0.2) is 45.7 Å². The Bertz CT molecular complexity index is 412. The lowest BCUT2D eigenvalue weighted by molar-refractivity contribution is -0.0489. The molecule has 0 aromatic rings. The molecule has 1 amide bonds. The molecule has 1 rings (SSSR count). The second-order valence-electron chi connectivity index (χ2n) is 5.86. The summed E-state index contributed by atoms with van der Waals surface area (Å²) in [6, 6.07) is 0. The maximum atomic E-state index is 12.1. The first-order valence-corrected chi connectivity index (χ1v) is 8.24. The maximum absolute atomic E-state index is 12.1. The van der Waals surface area contributed by atoms with Crippen molar-refractivity contribution >= 4 is 34.6 Å². The smallest absolute Gasteiger partial charge is 0.415 e. The van der Waals surface area contributed by atoms with Crippen molar-refractivity contribution in [3.63, 3.8) is 0 Å². The van der Waals surface area contributed by atoms with Crippen molar-refractivity contribution in [3.05, 3.63) is 5.70 Å². The number of rotatable bonds is 3. The van der Waals surface area contributed by atoms with Crippen LogP contribution in [0.1, 0.15) is 40.5 Å². The molecule has 6 heteroatoms. The second-order valence-corrected chi connectivity index (χ2v) is 6.62. The van der Waals surface area contributed by atoms with Crippen molar-refractivity contribution in [1.29, 1.82) is 0 Å². The minimum atomic E-state index is -0.581. The highest BCUT2D eigenvalue weighted by Gasteiger charge is 2.40. The topological polar surface area (TPSA) is 55.8 Å². The van der Waals surface area contributed by atoms with Crippen LogP contribution in [0, 0.1) is 0 Å². The Morgan fingerprint density at radius 1 is 1.50 bits per heavy atom. The van der Waals surface area contributed by atoms with E-state index in [0.717, 1.165) is 4.43 Å². The lowest BCUT2D eigenvalue weighted by Gasteiger charge is -2.40. The Morgan fingerprint density at radius 2 is 2.15 bits per heavy atom. The molecule has 1 heterocycles. The molecule has 1 atom stereocenters. The number of alkyl halides is 1. The Kier molecular flexibility index (Phi) is 6.04. The van der Waals surface area contributed by atoms with Crippen LogP contribution in [-0.2, 0) is 14.3 Å². The Hall–Kier alpha value is -0.590. The summed E-state index contributed by atoms with van der Waals surface area (Å²) in [5.41, 5.74) is -0.640. The van der Waals surface area contributed by atoms with E-state index in [1.807, 2.05) is 12.9 Å². The van der Waals surface area contributed by atoms with Gasteiger partial charge >= 0.3 is 6.09 Å². The van der Waals surface area contributed by atoms with Crippen molar-refractivity contribution < 1.29 is 19.1 Å². The van der Waals surface area contributed by atoms with Gasteiger partial charge in [0.25, 0.3) is 0 Å². The molecule has 0 aliphatic carbocycles. The fourth-order valence-electron chi connectivity index (χ4n) is 2.13. The number of carbonyl (C=O) groups excluding carboxylic acids is 2. The summed E-state index contributed by atoms with van der Waals surface area (Å²) in [6.45, 7) is 8.33. The van der Waals surface area contributed by atoms with Crippen LogP contribution in [0.4, 0.5) is 4.79 Å². The SMILES string of the molecule is CCOC1(CI)CCN(C(=O)OC(C)(C)C)C(=C=O)C1. The van der Waals surface area contributed by atoms with E-state index in [1.54, 1.807) is 20.8 Å². The minimum Gasteiger partial charge on any atom is -0.443 e. The monoisotopic (exact) mass is 395 g/mol. The van der Waals surface area contributed by atoms with Crippen molar-refractivity contribution in [2.75, 3.05) is 17.6 Å². The number of hydrogen-bond acceptors (Lipinski definition) is 4. The van der Waals surface area contributed by atoms with Gasteiger partial charge in [0.2, 0.25) is 0 Å². The Labute approximate surface area is 133 Å². The molecule has 1 fully saturated rings. The highest BCUT2D eigenvalue weighted by atomic mass is 127. The van der Waals surface area contributed by atoms with Crippen LogP contribution in [0.2, 0.25) is 0 Å². The first-order valence-electron chi connectivity index (χ1n) is 6.71. The van der Waals surface area contributed by atoms with Gasteiger partial charge in [-0.15, -0.1) is 0 Å². The number of nitrogens with zero attached hydrogens (tertiary/aromatic N) is 1. The third kappa shape index (κ3) is 4.46. The van der Waals surface area contributed by atoms with Gasteiger partial charge in [-0.3, -0.25) is 4.90 Å². The van der Waals surface area contributed by atoms with Crippen LogP contribution in [0.3, 0.4) is 0 Å². The molecule has 0 saturated carbocycles. The number of halogens is 1. The van der Waals surface area contributed by atoms with E-state index in [1.165, 1.54) is 4.90 Å². The first kappa shape index (κ1) is 17.5. The number of likely N-dealkylation sites (tertiary alicyclic amines) is 1. The number of carbonyl (C=O) groups is 1. The van der Waals surface area contributed by atoms with Crippen molar-refractivity contribution in [2.24, 2.45) is 0 Å². The van der Waals surface area contributed by atoms with E-state index >= 15 is 0 Å². The summed E-state index contributed by atoms with van der Waals surface area (Å²) in [5, 5.41) is 0. The molecule has 114 valence electrons. The van der Waals surface area contributed by atoms with Crippen molar-refractivity contribution in [1.82, 2.24) is 4.90 Å². The zero-order valence-corrected chi connectivity index (χ0v) is 14.7. The van der Waals surface area contributed by atoms with Crippen LogP contribution in [0.15, 0.2) is 5.70 Å². The summed E-state index contributed by atoms with van der Waals surface area (Å²) >= 11 is 2.25. The van der Waals surface area contributed by atoms with Crippen molar-refractivity contribution in [3.8, 4) is 0 Å². The van der Waals surface area contributed by atoms with Gasteiger partial charge in [0.1, 0.15) is 17.2 Å². The summed E-state index contributed by atoms with van der Waals surface area (Å²) < 4.78 is 11.9. The zero-order chi connectivity index (χ0) is 15.4. The van der Waals surface area contributed by atoms with E-state index in [4.69, 9.17) is 9.47 Å². The molecule has 1 saturated heterocycles. The zero-order valence-electron chi connectivity index (χ0n) is 12.5. The normalized spacial score (nSPS) is 23.4. The standard InChI is InChI=1S/C14H22INO4/c1-5-19-14(10-15)6-7-16(11(8-14)9-17)12(18)20-13(2,3)4/h5-8,10H2,1-4H3. The molecule has 0 radical (unpaired) electrons. The van der Waals surface area contributed by atoms with Crippen molar-refractivity contribution in [2.45, 2.75) is 51.7 Å². The number of piperidine rings is 1.